The molecule has 0 atom stereocenters. The fourth-order valence-electron chi connectivity index (χ4n) is 1.08. The summed E-state index contributed by atoms with van der Waals surface area (Å²) in [6, 6.07) is 0. The Morgan fingerprint density at radius 3 is 2.79 bits per heavy atom. The molecule has 2 heterocycles. The van der Waals surface area contributed by atoms with Crippen molar-refractivity contribution in [2.45, 2.75) is 13.1 Å². The lowest BCUT2D eigenvalue weighted by molar-refractivity contribution is 0.678. The molecule has 0 aliphatic heterocycles. The van der Waals surface area contributed by atoms with Gasteiger partial charge in [-0.3, -0.25) is 0 Å². The van der Waals surface area contributed by atoms with Crippen molar-refractivity contribution in [3.8, 4) is 0 Å². The summed E-state index contributed by atoms with van der Waals surface area (Å²) in [6.45, 7) is 1.57. The van der Waals surface area contributed by atoms with E-state index in [-0.39, 0.29) is 0 Å². The Bertz CT molecular complexity index is 360. The molecular weight excluding hydrogens is 196 g/mol. The largest absolute Gasteiger partial charge is 0.307 e. The summed E-state index contributed by atoms with van der Waals surface area (Å²) in [6.07, 6.45) is 5.14. The summed E-state index contributed by atoms with van der Waals surface area (Å²) in [7, 11) is 0. The zero-order valence-corrected chi connectivity index (χ0v) is 8.37. The molecule has 2 aromatic heterocycles. The van der Waals surface area contributed by atoms with Gasteiger partial charge in [-0.05, 0) is 0 Å². The molecule has 0 spiro atoms. The molecule has 0 bridgehead atoms. The molecule has 1 N–H and O–H groups in total. The number of aromatic nitrogens is 3. The van der Waals surface area contributed by atoms with E-state index in [4.69, 9.17) is 0 Å². The van der Waals surface area contributed by atoms with Gasteiger partial charge in [0.05, 0.1) is 11.2 Å². The minimum Gasteiger partial charge on any atom is -0.307 e. The minimum absolute atomic E-state index is 0.776. The van der Waals surface area contributed by atoms with E-state index in [1.54, 1.807) is 23.7 Å². The molecule has 0 saturated carbocycles. The third-order valence-electron chi connectivity index (χ3n) is 1.73. The Hall–Kier alpha value is -1.33. The molecule has 72 valence electrons. The van der Waals surface area contributed by atoms with Crippen LogP contribution in [0.5, 0.6) is 0 Å². The molecule has 2 rings (SSSR count). The summed E-state index contributed by atoms with van der Waals surface area (Å²) in [4.78, 5) is 12.0. The number of rotatable bonds is 4. The van der Waals surface area contributed by atoms with E-state index < -0.39 is 0 Å². The minimum atomic E-state index is 0.776. The highest BCUT2D eigenvalue weighted by molar-refractivity contribution is 7.07. The predicted octanol–water partition coefficient (Wildman–Crippen LogP) is 1.22. The highest BCUT2D eigenvalue weighted by Gasteiger charge is 1.95. The standard InChI is InChI=1S/C9H10N4S/c1(8-2-11-6-12-3-8)10-4-9-5-14-7-13-9/h2-3,5-7,10H,1,4H2. The van der Waals surface area contributed by atoms with Crippen molar-refractivity contribution in [1.82, 2.24) is 20.3 Å². The van der Waals surface area contributed by atoms with Crippen LogP contribution in [0.25, 0.3) is 0 Å². The maximum atomic E-state index is 4.17. The average molecular weight is 206 g/mol. The monoisotopic (exact) mass is 206 g/mol. The second kappa shape index (κ2) is 4.78. The lowest BCUT2D eigenvalue weighted by Gasteiger charge is -2.00. The summed E-state index contributed by atoms with van der Waals surface area (Å²) in [5, 5.41) is 5.30. The second-order valence-corrected chi connectivity index (χ2v) is 3.55. The Morgan fingerprint density at radius 1 is 1.21 bits per heavy atom. The van der Waals surface area contributed by atoms with Gasteiger partial charge in [-0.15, -0.1) is 11.3 Å². The van der Waals surface area contributed by atoms with Crippen LogP contribution in [0.3, 0.4) is 0 Å². The van der Waals surface area contributed by atoms with Crippen molar-refractivity contribution in [3.05, 3.63) is 40.9 Å². The first kappa shape index (κ1) is 9.23. The Balaban J connectivity index is 1.79. The first-order chi connectivity index (χ1) is 6.95. The van der Waals surface area contributed by atoms with E-state index in [0.29, 0.717) is 0 Å². The summed E-state index contributed by atoms with van der Waals surface area (Å²) in [5.41, 5.74) is 4.00. The highest BCUT2D eigenvalue weighted by atomic mass is 32.1. The molecule has 5 heteroatoms. The Kier molecular flexibility index (Phi) is 3.15. The van der Waals surface area contributed by atoms with Crippen LogP contribution >= 0.6 is 11.3 Å². The molecular formula is C9H10N4S. The van der Waals surface area contributed by atoms with Crippen molar-refractivity contribution in [3.63, 3.8) is 0 Å². The van der Waals surface area contributed by atoms with Gasteiger partial charge in [-0.2, -0.15) is 0 Å². The zero-order chi connectivity index (χ0) is 9.64. The van der Waals surface area contributed by atoms with Crippen molar-refractivity contribution in [2.75, 3.05) is 0 Å². The molecule has 0 saturated heterocycles. The lowest BCUT2D eigenvalue weighted by Crippen LogP contribution is -2.13. The Morgan fingerprint density at radius 2 is 2.07 bits per heavy atom. The van der Waals surface area contributed by atoms with Crippen LogP contribution in [0.4, 0.5) is 0 Å². The fourth-order valence-corrected chi connectivity index (χ4v) is 1.64. The molecule has 0 aliphatic carbocycles. The van der Waals surface area contributed by atoms with Gasteiger partial charge in [0.15, 0.2) is 0 Å². The van der Waals surface area contributed by atoms with Gasteiger partial charge in [-0.1, -0.05) is 0 Å². The van der Waals surface area contributed by atoms with Crippen LogP contribution in [0.15, 0.2) is 29.6 Å². The molecule has 0 aliphatic rings. The third kappa shape index (κ3) is 2.58. The van der Waals surface area contributed by atoms with Gasteiger partial charge in [0, 0.05) is 36.4 Å². The van der Waals surface area contributed by atoms with Gasteiger partial charge in [0.25, 0.3) is 0 Å². The summed E-state index contributed by atoms with van der Waals surface area (Å²) in [5.74, 6) is 0. The lowest BCUT2D eigenvalue weighted by atomic mass is 10.3. The number of hydrogen-bond acceptors (Lipinski definition) is 5. The predicted molar refractivity (Wildman–Crippen MR) is 54.7 cm³/mol. The smallest absolute Gasteiger partial charge is 0.115 e. The number of nitrogens with one attached hydrogen (secondary N) is 1. The van der Waals surface area contributed by atoms with E-state index in [2.05, 4.69) is 20.3 Å². The van der Waals surface area contributed by atoms with Crippen molar-refractivity contribution < 1.29 is 0 Å². The fraction of sp³-hybridized carbons (Fsp3) is 0.222. The van der Waals surface area contributed by atoms with Crippen LogP contribution in [-0.2, 0) is 13.1 Å². The van der Waals surface area contributed by atoms with Crippen molar-refractivity contribution >= 4 is 11.3 Å². The molecule has 0 unspecified atom stereocenters. The van der Waals surface area contributed by atoms with Gasteiger partial charge < -0.3 is 5.32 Å². The number of thiazole rings is 1. The van der Waals surface area contributed by atoms with Crippen LogP contribution in [0.1, 0.15) is 11.3 Å². The maximum Gasteiger partial charge on any atom is 0.115 e. The summed E-state index contributed by atoms with van der Waals surface area (Å²) >= 11 is 1.61. The van der Waals surface area contributed by atoms with Gasteiger partial charge in [-0.25, -0.2) is 15.0 Å². The molecule has 0 aromatic carbocycles. The van der Waals surface area contributed by atoms with Gasteiger partial charge >= 0.3 is 0 Å². The van der Waals surface area contributed by atoms with Gasteiger partial charge in [0.2, 0.25) is 0 Å². The second-order valence-electron chi connectivity index (χ2n) is 2.83. The van der Waals surface area contributed by atoms with Crippen molar-refractivity contribution in [1.29, 1.82) is 0 Å². The average Bonchev–Trinajstić information content (AvgIpc) is 2.72. The van der Waals surface area contributed by atoms with E-state index in [1.807, 2.05) is 10.9 Å². The maximum absolute atomic E-state index is 4.17. The van der Waals surface area contributed by atoms with E-state index >= 15 is 0 Å². The van der Waals surface area contributed by atoms with Gasteiger partial charge in [0.1, 0.15) is 6.33 Å². The topological polar surface area (TPSA) is 50.7 Å². The first-order valence-corrected chi connectivity index (χ1v) is 5.21. The molecule has 0 amide bonds. The van der Waals surface area contributed by atoms with Crippen molar-refractivity contribution in [2.24, 2.45) is 0 Å². The molecule has 0 fully saturated rings. The first-order valence-electron chi connectivity index (χ1n) is 4.27. The normalized spacial score (nSPS) is 10.3. The van der Waals surface area contributed by atoms with Crippen LogP contribution < -0.4 is 5.32 Å². The van der Waals surface area contributed by atoms with E-state index in [9.17, 15) is 0 Å². The molecule has 4 nitrogen and oxygen atoms in total. The third-order valence-corrected chi connectivity index (χ3v) is 2.37. The molecule has 0 radical (unpaired) electrons. The molecule has 2 aromatic rings. The molecule has 14 heavy (non-hydrogen) atoms. The van der Waals surface area contributed by atoms with Crippen LogP contribution in [0.2, 0.25) is 0 Å². The highest BCUT2D eigenvalue weighted by Crippen LogP contribution is 2.00. The summed E-state index contributed by atoms with van der Waals surface area (Å²) < 4.78 is 0. The SMILES string of the molecule is c1ncc(CNCc2cscn2)cn1. The zero-order valence-electron chi connectivity index (χ0n) is 7.55. The number of nitrogens with zero attached hydrogens (tertiary/aromatic N) is 3. The van der Waals surface area contributed by atoms with E-state index in [0.717, 1.165) is 24.3 Å². The Labute approximate surface area is 86.1 Å². The quantitative estimate of drug-likeness (QED) is 0.817. The number of hydrogen-bond donors (Lipinski definition) is 1. The van der Waals surface area contributed by atoms with Crippen LogP contribution in [-0.4, -0.2) is 15.0 Å². The van der Waals surface area contributed by atoms with Crippen LogP contribution in [0, 0.1) is 0 Å². The van der Waals surface area contributed by atoms with E-state index in [1.165, 1.54) is 6.33 Å².